The van der Waals surface area contributed by atoms with Crippen molar-refractivity contribution in [2.75, 3.05) is 14.2 Å². The molecular formula is C11H16N2O3. The first-order valence-corrected chi connectivity index (χ1v) is 5.16. The van der Waals surface area contributed by atoms with E-state index in [0.717, 1.165) is 6.42 Å². The molecule has 1 rings (SSSR count). The molecule has 0 amide bonds. The van der Waals surface area contributed by atoms with E-state index in [4.69, 9.17) is 9.47 Å². The lowest BCUT2D eigenvalue weighted by atomic mass is 10.1. The van der Waals surface area contributed by atoms with E-state index in [0.29, 0.717) is 6.42 Å². The van der Waals surface area contributed by atoms with Crippen molar-refractivity contribution in [2.24, 2.45) is 0 Å². The van der Waals surface area contributed by atoms with Gasteiger partial charge in [-0.05, 0) is 6.42 Å². The Hall–Kier alpha value is -1.49. The summed E-state index contributed by atoms with van der Waals surface area (Å²) in [5, 5.41) is 0. The Morgan fingerprint density at radius 2 is 2.06 bits per heavy atom. The van der Waals surface area contributed by atoms with Gasteiger partial charge in [0.25, 0.3) is 0 Å². The van der Waals surface area contributed by atoms with Crippen molar-refractivity contribution in [1.82, 2.24) is 9.97 Å². The second-order valence-corrected chi connectivity index (χ2v) is 3.29. The third-order valence-electron chi connectivity index (χ3n) is 2.22. The van der Waals surface area contributed by atoms with E-state index in [-0.39, 0.29) is 17.4 Å². The summed E-state index contributed by atoms with van der Waals surface area (Å²) < 4.78 is 10.1. The molecule has 1 heterocycles. The average molecular weight is 224 g/mol. The SMILES string of the molecule is CCCC(OC)C(=O)c1nccnc1OC. The topological polar surface area (TPSA) is 61.3 Å². The molecule has 0 saturated heterocycles. The maximum atomic E-state index is 12.0. The summed E-state index contributed by atoms with van der Waals surface area (Å²) in [6, 6.07) is 0. The first-order chi connectivity index (χ1) is 7.74. The number of carbonyl (C=O) groups is 1. The van der Waals surface area contributed by atoms with Gasteiger partial charge in [0.05, 0.1) is 7.11 Å². The average Bonchev–Trinajstić information content (AvgIpc) is 2.35. The number of rotatable bonds is 6. The quantitative estimate of drug-likeness (QED) is 0.685. The van der Waals surface area contributed by atoms with Crippen LogP contribution >= 0.6 is 0 Å². The minimum atomic E-state index is -0.476. The predicted molar refractivity (Wildman–Crippen MR) is 58.6 cm³/mol. The number of Topliss-reactive ketones (excluding diaryl/α,β-unsaturated/α-hetero) is 1. The van der Waals surface area contributed by atoms with E-state index in [1.807, 2.05) is 6.92 Å². The van der Waals surface area contributed by atoms with Crippen LogP contribution in [0.2, 0.25) is 0 Å². The van der Waals surface area contributed by atoms with Crippen molar-refractivity contribution in [3.63, 3.8) is 0 Å². The van der Waals surface area contributed by atoms with Gasteiger partial charge in [-0.2, -0.15) is 0 Å². The van der Waals surface area contributed by atoms with Gasteiger partial charge in [-0.25, -0.2) is 9.97 Å². The summed E-state index contributed by atoms with van der Waals surface area (Å²) in [7, 11) is 2.98. The molecule has 5 heteroatoms. The van der Waals surface area contributed by atoms with Crippen LogP contribution in [0.5, 0.6) is 5.88 Å². The second kappa shape index (κ2) is 6.17. The molecule has 1 atom stereocenters. The summed E-state index contributed by atoms with van der Waals surface area (Å²) in [4.78, 5) is 20.0. The highest BCUT2D eigenvalue weighted by molar-refractivity contribution is 5.99. The summed E-state index contributed by atoms with van der Waals surface area (Å²) in [5.41, 5.74) is 0.227. The van der Waals surface area contributed by atoms with Crippen molar-refractivity contribution in [3.05, 3.63) is 18.1 Å². The van der Waals surface area contributed by atoms with Crippen LogP contribution in [-0.4, -0.2) is 36.1 Å². The number of hydrogen-bond donors (Lipinski definition) is 0. The van der Waals surface area contributed by atoms with Gasteiger partial charge in [-0.15, -0.1) is 0 Å². The van der Waals surface area contributed by atoms with Crippen molar-refractivity contribution >= 4 is 5.78 Å². The number of methoxy groups -OCH3 is 2. The van der Waals surface area contributed by atoms with Crippen LogP contribution in [0, 0.1) is 0 Å². The van der Waals surface area contributed by atoms with Crippen LogP contribution in [0.4, 0.5) is 0 Å². The monoisotopic (exact) mass is 224 g/mol. The molecule has 0 aromatic carbocycles. The summed E-state index contributed by atoms with van der Waals surface area (Å²) in [6.45, 7) is 1.99. The molecule has 1 aromatic heterocycles. The van der Waals surface area contributed by atoms with E-state index in [2.05, 4.69) is 9.97 Å². The lowest BCUT2D eigenvalue weighted by Crippen LogP contribution is -2.24. The lowest BCUT2D eigenvalue weighted by Gasteiger charge is -2.13. The maximum Gasteiger partial charge on any atom is 0.243 e. The largest absolute Gasteiger partial charge is 0.479 e. The highest BCUT2D eigenvalue weighted by atomic mass is 16.5. The number of ketones is 1. The molecule has 88 valence electrons. The Bertz CT molecular complexity index is 355. The summed E-state index contributed by atoms with van der Waals surface area (Å²) >= 11 is 0. The molecule has 0 fully saturated rings. The van der Waals surface area contributed by atoms with Gasteiger partial charge in [0.1, 0.15) is 6.10 Å². The minimum absolute atomic E-state index is 0.186. The van der Waals surface area contributed by atoms with Crippen LogP contribution in [0.25, 0.3) is 0 Å². The number of ether oxygens (including phenoxy) is 2. The maximum absolute atomic E-state index is 12.0. The molecule has 1 unspecified atom stereocenters. The minimum Gasteiger partial charge on any atom is -0.479 e. The fraction of sp³-hybridized carbons (Fsp3) is 0.545. The zero-order valence-electron chi connectivity index (χ0n) is 9.77. The summed E-state index contributed by atoms with van der Waals surface area (Å²) in [6.07, 6.45) is 4.00. The summed E-state index contributed by atoms with van der Waals surface area (Å²) in [5.74, 6) is 0.0555. The van der Waals surface area contributed by atoms with Crippen molar-refractivity contribution in [3.8, 4) is 5.88 Å². The molecule has 0 aliphatic carbocycles. The van der Waals surface area contributed by atoms with E-state index >= 15 is 0 Å². The van der Waals surface area contributed by atoms with Gasteiger partial charge < -0.3 is 9.47 Å². The van der Waals surface area contributed by atoms with Crippen LogP contribution in [0.1, 0.15) is 30.3 Å². The fourth-order valence-corrected chi connectivity index (χ4v) is 1.41. The van der Waals surface area contributed by atoms with Crippen molar-refractivity contribution < 1.29 is 14.3 Å². The molecular weight excluding hydrogens is 208 g/mol. The van der Waals surface area contributed by atoms with Gasteiger partial charge in [-0.3, -0.25) is 4.79 Å². The standard InChI is InChI=1S/C11H16N2O3/c1-4-5-8(15-2)10(14)9-11(16-3)13-7-6-12-9/h6-8H,4-5H2,1-3H3. The van der Waals surface area contributed by atoms with Crippen LogP contribution in [0.15, 0.2) is 12.4 Å². The van der Waals surface area contributed by atoms with Gasteiger partial charge in [-0.1, -0.05) is 13.3 Å². The van der Waals surface area contributed by atoms with Crippen molar-refractivity contribution in [1.29, 1.82) is 0 Å². The van der Waals surface area contributed by atoms with Gasteiger partial charge in [0.15, 0.2) is 5.69 Å². The molecule has 5 nitrogen and oxygen atoms in total. The molecule has 0 radical (unpaired) electrons. The third kappa shape index (κ3) is 2.76. The second-order valence-electron chi connectivity index (χ2n) is 3.29. The number of aromatic nitrogens is 2. The zero-order chi connectivity index (χ0) is 12.0. The fourth-order valence-electron chi connectivity index (χ4n) is 1.41. The predicted octanol–water partition coefficient (Wildman–Crippen LogP) is 1.48. The molecule has 0 spiro atoms. The molecule has 0 bridgehead atoms. The number of nitrogens with zero attached hydrogens (tertiary/aromatic N) is 2. The molecule has 16 heavy (non-hydrogen) atoms. The molecule has 0 saturated carbocycles. The Labute approximate surface area is 94.8 Å². The molecule has 0 aliphatic heterocycles. The number of hydrogen-bond acceptors (Lipinski definition) is 5. The highest BCUT2D eigenvalue weighted by Crippen LogP contribution is 2.16. The first kappa shape index (κ1) is 12.6. The van der Waals surface area contributed by atoms with Crippen LogP contribution in [0.3, 0.4) is 0 Å². The van der Waals surface area contributed by atoms with E-state index in [1.54, 1.807) is 0 Å². The number of carbonyl (C=O) groups excluding carboxylic acids is 1. The lowest BCUT2D eigenvalue weighted by molar-refractivity contribution is 0.0569. The molecule has 1 aromatic rings. The van der Waals surface area contributed by atoms with E-state index in [9.17, 15) is 4.79 Å². The van der Waals surface area contributed by atoms with Crippen molar-refractivity contribution in [2.45, 2.75) is 25.9 Å². The third-order valence-corrected chi connectivity index (χ3v) is 2.22. The normalized spacial score (nSPS) is 12.2. The smallest absolute Gasteiger partial charge is 0.243 e. The first-order valence-electron chi connectivity index (χ1n) is 5.16. The molecule has 0 aliphatic rings. The Morgan fingerprint density at radius 3 is 2.62 bits per heavy atom. The zero-order valence-corrected chi connectivity index (χ0v) is 9.77. The highest BCUT2D eigenvalue weighted by Gasteiger charge is 2.23. The Balaban J connectivity index is 2.93. The Morgan fingerprint density at radius 1 is 1.38 bits per heavy atom. The van der Waals surface area contributed by atoms with E-state index < -0.39 is 6.10 Å². The van der Waals surface area contributed by atoms with E-state index in [1.165, 1.54) is 26.6 Å². The molecule has 0 N–H and O–H groups in total. The van der Waals surface area contributed by atoms with Crippen LogP contribution in [-0.2, 0) is 4.74 Å². The van der Waals surface area contributed by atoms with Gasteiger partial charge >= 0.3 is 0 Å². The van der Waals surface area contributed by atoms with Gasteiger partial charge in [0, 0.05) is 19.5 Å². The van der Waals surface area contributed by atoms with Crippen LogP contribution < -0.4 is 4.74 Å². The Kier molecular flexibility index (Phi) is 4.85. The van der Waals surface area contributed by atoms with Gasteiger partial charge in [0.2, 0.25) is 11.7 Å².